The van der Waals surface area contributed by atoms with Crippen LogP contribution in [-0.4, -0.2) is 48.9 Å². The summed E-state index contributed by atoms with van der Waals surface area (Å²) in [7, 11) is 1.48. The highest BCUT2D eigenvalue weighted by Crippen LogP contribution is 2.36. The van der Waals surface area contributed by atoms with Gasteiger partial charge in [0.25, 0.3) is 5.91 Å². The Kier molecular flexibility index (Phi) is 7.14. The lowest BCUT2D eigenvalue weighted by Crippen LogP contribution is -2.34. The van der Waals surface area contributed by atoms with Gasteiger partial charge in [0.2, 0.25) is 0 Å². The number of hydrogen-bond donors (Lipinski definition) is 2. The Labute approximate surface area is 195 Å². The van der Waals surface area contributed by atoms with Gasteiger partial charge in [-0.25, -0.2) is 18.2 Å². The molecule has 1 atom stereocenters. The highest BCUT2D eigenvalue weighted by atomic mass is 19.2. The molecule has 2 N–H and O–H groups in total. The number of halogens is 3. The van der Waals surface area contributed by atoms with Gasteiger partial charge in [-0.3, -0.25) is 4.79 Å². The van der Waals surface area contributed by atoms with Crippen molar-refractivity contribution in [3.8, 4) is 0 Å². The Morgan fingerprint density at radius 2 is 1.94 bits per heavy atom. The number of aliphatic hydroxyl groups is 1. The van der Waals surface area contributed by atoms with Crippen LogP contribution in [0.25, 0.3) is 0 Å². The highest BCUT2D eigenvalue weighted by Gasteiger charge is 2.26. The van der Waals surface area contributed by atoms with E-state index in [1.54, 1.807) is 24.4 Å². The van der Waals surface area contributed by atoms with E-state index >= 15 is 0 Å². The third-order valence-electron chi connectivity index (χ3n) is 5.67. The first-order valence-electron chi connectivity index (χ1n) is 10.8. The molecule has 3 aromatic rings. The van der Waals surface area contributed by atoms with Gasteiger partial charge in [-0.05, 0) is 65.9 Å². The average Bonchev–Trinajstić information content (AvgIpc) is 3.26. The molecule has 1 aromatic heterocycles. The zero-order valence-corrected chi connectivity index (χ0v) is 18.5. The summed E-state index contributed by atoms with van der Waals surface area (Å²) in [6.07, 6.45) is 1.64. The predicted molar refractivity (Wildman–Crippen MR) is 121 cm³/mol. The minimum Gasteiger partial charge on any atom is -0.389 e. The Balaban J connectivity index is 1.54. The number of aromatic nitrogens is 1. The van der Waals surface area contributed by atoms with Gasteiger partial charge in [-0.1, -0.05) is 6.07 Å². The molecule has 0 fully saturated rings. The molecule has 0 saturated heterocycles. The minimum atomic E-state index is -1.49. The van der Waals surface area contributed by atoms with E-state index in [-0.39, 0.29) is 25.5 Å². The molecule has 34 heavy (non-hydrogen) atoms. The summed E-state index contributed by atoms with van der Waals surface area (Å²) in [6, 6.07) is 10.9. The van der Waals surface area contributed by atoms with Crippen LogP contribution < -0.4 is 10.2 Å². The molecule has 0 spiro atoms. The first kappa shape index (κ1) is 23.7. The van der Waals surface area contributed by atoms with E-state index in [1.807, 2.05) is 17.0 Å². The Bertz CT molecular complexity index is 1180. The van der Waals surface area contributed by atoms with Crippen molar-refractivity contribution in [2.45, 2.75) is 18.9 Å². The number of pyridine rings is 1. The largest absolute Gasteiger partial charge is 0.389 e. The van der Waals surface area contributed by atoms with Gasteiger partial charge in [0.1, 0.15) is 5.82 Å². The van der Waals surface area contributed by atoms with Gasteiger partial charge < -0.3 is 20.1 Å². The second-order valence-corrected chi connectivity index (χ2v) is 8.10. The second-order valence-electron chi connectivity index (χ2n) is 8.10. The monoisotopic (exact) mass is 471 g/mol. The molecule has 4 rings (SSSR count). The summed E-state index contributed by atoms with van der Waals surface area (Å²) >= 11 is 0. The van der Waals surface area contributed by atoms with Crippen LogP contribution in [-0.2, 0) is 17.6 Å². The summed E-state index contributed by atoms with van der Waals surface area (Å²) < 4.78 is 45.3. The number of aliphatic hydroxyl groups excluding tert-OH is 1. The molecule has 2 aromatic carbocycles. The highest BCUT2D eigenvalue weighted by molar-refractivity contribution is 5.98. The van der Waals surface area contributed by atoms with Crippen LogP contribution >= 0.6 is 0 Å². The molecule has 1 amide bonds. The molecule has 9 heteroatoms. The summed E-state index contributed by atoms with van der Waals surface area (Å²) in [5.74, 6) is -3.58. The Morgan fingerprint density at radius 1 is 1.18 bits per heavy atom. The lowest BCUT2D eigenvalue weighted by molar-refractivity contribution is 0.0609. The van der Waals surface area contributed by atoms with Crippen molar-refractivity contribution >= 4 is 17.4 Å². The summed E-state index contributed by atoms with van der Waals surface area (Å²) in [5, 5.41) is 12.5. The number of carbonyl (C=O) groups is 1. The smallest absolute Gasteiger partial charge is 0.251 e. The molecule has 0 saturated carbocycles. The minimum absolute atomic E-state index is 0.0776. The molecule has 0 aliphatic carbocycles. The number of rotatable bonds is 8. The molecule has 6 nitrogen and oxygen atoms in total. The van der Waals surface area contributed by atoms with Crippen LogP contribution in [0.1, 0.15) is 27.0 Å². The van der Waals surface area contributed by atoms with Crippen molar-refractivity contribution < 1.29 is 27.8 Å². The third-order valence-corrected chi connectivity index (χ3v) is 5.67. The van der Waals surface area contributed by atoms with E-state index in [9.17, 15) is 23.1 Å². The number of anilines is 2. The second kappa shape index (κ2) is 10.2. The number of carbonyl (C=O) groups excluding carboxylic acids is 1. The molecule has 1 aliphatic rings. The SMILES string of the molecule is COC[C@@H](O)CNC(=O)c1cccc2c1CCN2c1cc(Cc2cc(F)c(F)c(F)c2)ccn1. The van der Waals surface area contributed by atoms with E-state index in [2.05, 4.69) is 10.3 Å². The van der Waals surface area contributed by atoms with Crippen molar-refractivity contribution in [2.24, 2.45) is 0 Å². The van der Waals surface area contributed by atoms with Crippen LogP contribution in [0.2, 0.25) is 0 Å². The van der Waals surface area contributed by atoms with Crippen LogP contribution in [0, 0.1) is 17.5 Å². The zero-order valence-electron chi connectivity index (χ0n) is 18.5. The van der Waals surface area contributed by atoms with E-state index < -0.39 is 23.6 Å². The first-order valence-corrected chi connectivity index (χ1v) is 10.8. The van der Waals surface area contributed by atoms with Crippen molar-refractivity contribution in [1.82, 2.24) is 10.3 Å². The number of amides is 1. The molecular formula is C25H24F3N3O3. The zero-order chi connectivity index (χ0) is 24.2. The molecule has 0 radical (unpaired) electrons. The van der Waals surface area contributed by atoms with Gasteiger partial charge in [0, 0.05) is 37.6 Å². The molecular weight excluding hydrogens is 447 g/mol. The van der Waals surface area contributed by atoms with E-state index in [0.29, 0.717) is 29.9 Å². The predicted octanol–water partition coefficient (Wildman–Crippen LogP) is 3.52. The average molecular weight is 471 g/mol. The van der Waals surface area contributed by atoms with Crippen LogP contribution in [0.15, 0.2) is 48.7 Å². The van der Waals surface area contributed by atoms with Gasteiger partial charge in [0.15, 0.2) is 17.5 Å². The molecule has 1 aliphatic heterocycles. The maximum atomic E-state index is 13.6. The normalized spacial score (nSPS) is 13.6. The fourth-order valence-electron chi connectivity index (χ4n) is 4.11. The summed E-state index contributed by atoms with van der Waals surface area (Å²) in [4.78, 5) is 19.1. The van der Waals surface area contributed by atoms with Crippen molar-refractivity contribution in [2.75, 3.05) is 31.7 Å². The van der Waals surface area contributed by atoms with Crippen molar-refractivity contribution in [3.05, 3.63) is 88.4 Å². The van der Waals surface area contributed by atoms with Crippen LogP contribution in [0.3, 0.4) is 0 Å². The van der Waals surface area contributed by atoms with E-state index in [0.717, 1.165) is 28.9 Å². The Morgan fingerprint density at radius 3 is 2.68 bits per heavy atom. The lowest BCUT2D eigenvalue weighted by Gasteiger charge is -2.19. The molecule has 178 valence electrons. The summed E-state index contributed by atoms with van der Waals surface area (Å²) in [5.41, 5.74) is 3.30. The van der Waals surface area contributed by atoms with Gasteiger partial charge in [-0.2, -0.15) is 0 Å². The number of methoxy groups -OCH3 is 1. The number of nitrogens with one attached hydrogen (secondary N) is 1. The van der Waals surface area contributed by atoms with Gasteiger partial charge in [0.05, 0.1) is 12.7 Å². The number of benzene rings is 2. The quantitative estimate of drug-likeness (QED) is 0.492. The molecule has 0 unspecified atom stereocenters. The third kappa shape index (κ3) is 5.05. The van der Waals surface area contributed by atoms with Crippen molar-refractivity contribution in [3.63, 3.8) is 0 Å². The molecule has 2 heterocycles. The van der Waals surface area contributed by atoms with Gasteiger partial charge in [-0.15, -0.1) is 0 Å². The van der Waals surface area contributed by atoms with Gasteiger partial charge >= 0.3 is 0 Å². The maximum Gasteiger partial charge on any atom is 0.251 e. The van der Waals surface area contributed by atoms with Crippen LogP contribution in [0.5, 0.6) is 0 Å². The maximum absolute atomic E-state index is 13.6. The first-order chi connectivity index (χ1) is 16.4. The van der Waals surface area contributed by atoms with E-state index in [4.69, 9.17) is 4.74 Å². The van der Waals surface area contributed by atoms with E-state index in [1.165, 1.54) is 7.11 Å². The number of nitrogens with zero attached hydrogens (tertiary/aromatic N) is 2. The fourth-order valence-corrected chi connectivity index (χ4v) is 4.11. The number of ether oxygens (including phenoxy) is 1. The number of hydrogen-bond acceptors (Lipinski definition) is 5. The topological polar surface area (TPSA) is 74.7 Å². The Hall–Kier alpha value is -3.43. The standard InChI is InChI=1S/C25H24F3N3O3/c1-34-14-17(32)13-30-25(33)19-3-2-4-22-18(19)6-8-31(22)23-12-15(5-7-29-23)9-16-10-20(26)24(28)21(27)11-16/h2-5,7,10-12,17,32H,6,8-9,13-14H2,1H3,(H,30,33)/t17-/m0/s1. The molecule has 0 bridgehead atoms. The number of fused-ring (bicyclic) bond motifs is 1. The lowest BCUT2D eigenvalue weighted by atomic mass is 10.0. The summed E-state index contributed by atoms with van der Waals surface area (Å²) in [6.45, 7) is 0.802. The van der Waals surface area contributed by atoms with Crippen LogP contribution in [0.4, 0.5) is 24.7 Å². The fraction of sp³-hybridized carbons (Fsp3) is 0.280. The van der Waals surface area contributed by atoms with Crippen molar-refractivity contribution in [1.29, 1.82) is 0 Å².